The van der Waals surface area contributed by atoms with Gasteiger partial charge >= 0.3 is 18.2 Å². The van der Waals surface area contributed by atoms with E-state index in [4.69, 9.17) is 9.84 Å². The van der Waals surface area contributed by atoms with Gasteiger partial charge in [0.1, 0.15) is 6.61 Å². The molecular formula is C25H27F3N2O5. The van der Waals surface area contributed by atoms with Gasteiger partial charge < -0.3 is 20.5 Å². The van der Waals surface area contributed by atoms with Crippen molar-refractivity contribution in [3.63, 3.8) is 0 Å². The summed E-state index contributed by atoms with van der Waals surface area (Å²) in [5, 5.41) is 13.0. The number of carbonyl (C=O) groups is 3. The molecule has 1 aliphatic rings. The molecule has 0 radical (unpaired) electrons. The molecule has 2 unspecified atom stereocenters. The lowest BCUT2D eigenvalue weighted by molar-refractivity contribution is -0.181. The SMILES string of the molecule is CC(CCNC(=O)C(CNC(=O)OCC1c2ccccc2-c2ccccc21)C(F)(F)F)CC(=O)O. The molecule has 1 aliphatic carbocycles. The van der Waals surface area contributed by atoms with Crippen molar-refractivity contribution in [3.05, 3.63) is 59.7 Å². The van der Waals surface area contributed by atoms with Gasteiger partial charge in [-0.25, -0.2) is 4.79 Å². The first-order valence-electron chi connectivity index (χ1n) is 11.2. The number of ether oxygens (including phenoxy) is 1. The topological polar surface area (TPSA) is 105 Å². The van der Waals surface area contributed by atoms with Gasteiger partial charge in [0.25, 0.3) is 0 Å². The zero-order valence-electron chi connectivity index (χ0n) is 19.1. The zero-order valence-corrected chi connectivity index (χ0v) is 19.1. The molecule has 2 atom stereocenters. The molecule has 0 heterocycles. The van der Waals surface area contributed by atoms with Gasteiger partial charge in [0.05, 0.1) is 0 Å². The first-order valence-corrected chi connectivity index (χ1v) is 11.2. The zero-order chi connectivity index (χ0) is 25.6. The maximum absolute atomic E-state index is 13.4. The summed E-state index contributed by atoms with van der Waals surface area (Å²) >= 11 is 0. The third-order valence-electron chi connectivity index (χ3n) is 5.97. The standard InChI is InChI=1S/C25H27F3N2O5/c1-15(12-22(31)32)10-11-29-23(33)21(25(26,27)28)13-30-24(34)35-14-20-18-8-4-2-6-16(18)17-7-3-5-9-19(17)20/h2-9,15,20-21H,10-14H2,1H3,(H,29,33)(H,30,34)(H,31,32). The molecule has 0 aliphatic heterocycles. The number of hydrogen-bond acceptors (Lipinski definition) is 4. The predicted molar refractivity (Wildman–Crippen MR) is 122 cm³/mol. The van der Waals surface area contributed by atoms with Crippen LogP contribution in [0, 0.1) is 11.8 Å². The van der Waals surface area contributed by atoms with Crippen molar-refractivity contribution in [2.75, 3.05) is 19.7 Å². The van der Waals surface area contributed by atoms with Crippen molar-refractivity contribution < 1.29 is 37.4 Å². The average Bonchev–Trinajstić information content (AvgIpc) is 3.10. The van der Waals surface area contributed by atoms with Crippen molar-refractivity contribution in [2.45, 2.75) is 31.9 Å². The second-order valence-corrected chi connectivity index (χ2v) is 8.58. The van der Waals surface area contributed by atoms with Crippen LogP contribution in [0.4, 0.5) is 18.0 Å². The fourth-order valence-corrected chi connectivity index (χ4v) is 4.16. The summed E-state index contributed by atoms with van der Waals surface area (Å²) in [6, 6.07) is 15.3. The first-order chi connectivity index (χ1) is 16.6. The van der Waals surface area contributed by atoms with Gasteiger partial charge in [-0.3, -0.25) is 9.59 Å². The Morgan fingerprint density at radius 2 is 1.57 bits per heavy atom. The molecule has 10 heteroatoms. The summed E-state index contributed by atoms with van der Waals surface area (Å²) in [5.74, 6) is -5.33. The lowest BCUT2D eigenvalue weighted by atomic mass is 9.98. The minimum atomic E-state index is -4.88. The van der Waals surface area contributed by atoms with Gasteiger partial charge in [-0.05, 0) is 34.6 Å². The van der Waals surface area contributed by atoms with Crippen molar-refractivity contribution in [2.24, 2.45) is 11.8 Å². The van der Waals surface area contributed by atoms with E-state index in [0.717, 1.165) is 22.3 Å². The number of alkyl halides is 3. The van der Waals surface area contributed by atoms with Crippen LogP contribution in [0.15, 0.2) is 48.5 Å². The lowest BCUT2D eigenvalue weighted by Gasteiger charge is -2.21. The third kappa shape index (κ3) is 6.74. The maximum atomic E-state index is 13.4. The summed E-state index contributed by atoms with van der Waals surface area (Å²) < 4.78 is 45.5. The van der Waals surface area contributed by atoms with Gasteiger partial charge in [0.15, 0.2) is 5.92 Å². The minimum absolute atomic E-state index is 0.0653. The number of carboxylic acid groups (broad SMARTS) is 1. The predicted octanol–water partition coefficient (Wildman–Crippen LogP) is 4.32. The van der Waals surface area contributed by atoms with Crippen molar-refractivity contribution in [3.8, 4) is 11.1 Å². The van der Waals surface area contributed by atoms with Crippen LogP contribution in [0.1, 0.15) is 36.8 Å². The molecular weight excluding hydrogens is 465 g/mol. The van der Waals surface area contributed by atoms with Crippen molar-refractivity contribution in [1.29, 1.82) is 0 Å². The third-order valence-corrected chi connectivity index (χ3v) is 5.97. The molecule has 2 aromatic carbocycles. The monoisotopic (exact) mass is 492 g/mol. The number of amides is 2. The highest BCUT2D eigenvalue weighted by molar-refractivity contribution is 5.81. The first kappa shape index (κ1) is 26.1. The molecule has 2 aromatic rings. The van der Waals surface area contributed by atoms with E-state index in [2.05, 4.69) is 5.32 Å². The van der Waals surface area contributed by atoms with Crippen LogP contribution in [0.25, 0.3) is 11.1 Å². The van der Waals surface area contributed by atoms with Crippen LogP contribution in [0.5, 0.6) is 0 Å². The Hall–Kier alpha value is -3.56. The molecule has 188 valence electrons. The quantitative estimate of drug-likeness (QED) is 0.458. The number of carboxylic acids is 1. The Labute approximate surface area is 200 Å². The molecule has 0 aromatic heterocycles. The Morgan fingerprint density at radius 3 is 2.11 bits per heavy atom. The molecule has 3 N–H and O–H groups in total. The Kier molecular flexibility index (Phi) is 8.37. The largest absolute Gasteiger partial charge is 0.481 e. The van der Waals surface area contributed by atoms with Crippen LogP contribution < -0.4 is 10.6 Å². The highest BCUT2D eigenvalue weighted by Crippen LogP contribution is 2.44. The second kappa shape index (κ2) is 11.2. The molecule has 2 amide bonds. The number of hydrogen-bond donors (Lipinski definition) is 3. The Bertz CT molecular complexity index is 1030. The summed E-state index contributed by atoms with van der Waals surface area (Å²) in [6.45, 7) is 0.478. The number of fused-ring (bicyclic) bond motifs is 3. The molecule has 35 heavy (non-hydrogen) atoms. The highest BCUT2D eigenvalue weighted by atomic mass is 19.4. The van der Waals surface area contributed by atoms with E-state index in [1.807, 2.05) is 53.8 Å². The fourth-order valence-electron chi connectivity index (χ4n) is 4.16. The molecule has 0 fully saturated rings. The molecule has 0 spiro atoms. The number of benzene rings is 2. The van der Waals surface area contributed by atoms with E-state index < -0.39 is 36.6 Å². The van der Waals surface area contributed by atoms with Crippen LogP contribution in [0.2, 0.25) is 0 Å². The summed E-state index contributed by atoms with van der Waals surface area (Å²) in [5.41, 5.74) is 3.96. The number of halogens is 3. The second-order valence-electron chi connectivity index (χ2n) is 8.58. The van der Waals surface area contributed by atoms with Gasteiger partial charge in [-0.1, -0.05) is 55.5 Å². The number of aliphatic carboxylic acids is 1. The number of alkyl carbamates (subject to hydrolysis) is 1. The van der Waals surface area contributed by atoms with Gasteiger partial charge in [0, 0.05) is 25.4 Å². The number of rotatable bonds is 10. The fraction of sp³-hybridized carbons (Fsp3) is 0.400. The molecule has 3 rings (SSSR count). The average molecular weight is 492 g/mol. The van der Waals surface area contributed by atoms with E-state index in [0.29, 0.717) is 0 Å². The molecule has 0 saturated carbocycles. The Balaban J connectivity index is 1.53. The Morgan fingerprint density at radius 1 is 1.00 bits per heavy atom. The lowest BCUT2D eigenvalue weighted by Crippen LogP contribution is -2.46. The van der Waals surface area contributed by atoms with E-state index in [9.17, 15) is 27.6 Å². The maximum Gasteiger partial charge on any atom is 0.407 e. The van der Waals surface area contributed by atoms with Gasteiger partial charge in [0.2, 0.25) is 5.91 Å². The number of carbonyl (C=O) groups excluding carboxylic acids is 2. The highest BCUT2D eigenvalue weighted by Gasteiger charge is 2.45. The van der Waals surface area contributed by atoms with Crippen LogP contribution in [0.3, 0.4) is 0 Å². The van der Waals surface area contributed by atoms with E-state index in [1.165, 1.54) is 0 Å². The van der Waals surface area contributed by atoms with Crippen molar-refractivity contribution >= 4 is 18.0 Å². The minimum Gasteiger partial charge on any atom is -0.481 e. The van der Waals surface area contributed by atoms with Gasteiger partial charge in [-0.2, -0.15) is 13.2 Å². The van der Waals surface area contributed by atoms with E-state index >= 15 is 0 Å². The van der Waals surface area contributed by atoms with E-state index in [-0.39, 0.29) is 37.8 Å². The van der Waals surface area contributed by atoms with Crippen LogP contribution >= 0.6 is 0 Å². The molecule has 0 bridgehead atoms. The molecule has 7 nitrogen and oxygen atoms in total. The summed E-state index contributed by atoms with van der Waals surface area (Å²) in [7, 11) is 0. The van der Waals surface area contributed by atoms with Crippen LogP contribution in [-0.4, -0.2) is 48.9 Å². The summed E-state index contributed by atoms with van der Waals surface area (Å²) in [4.78, 5) is 35.0. The normalized spacial score (nSPS) is 14.4. The number of nitrogens with one attached hydrogen (secondary N) is 2. The van der Waals surface area contributed by atoms with Crippen molar-refractivity contribution in [1.82, 2.24) is 10.6 Å². The van der Waals surface area contributed by atoms with Gasteiger partial charge in [-0.15, -0.1) is 0 Å². The van der Waals surface area contributed by atoms with E-state index in [1.54, 1.807) is 6.92 Å². The molecule has 0 saturated heterocycles. The smallest absolute Gasteiger partial charge is 0.407 e. The summed E-state index contributed by atoms with van der Waals surface area (Å²) in [6.07, 6.45) is -5.87. The van der Waals surface area contributed by atoms with Crippen LogP contribution in [-0.2, 0) is 14.3 Å².